The maximum atomic E-state index is 12.4. The summed E-state index contributed by atoms with van der Waals surface area (Å²) in [5.41, 5.74) is 2.85. The highest BCUT2D eigenvalue weighted by molar-refractivity contribution is 6.30. The lowest BCUT2D eigenvalue weighted by molar-refractivity contribution is -0.140. The number of esters is 1. The van der Waals surface area contributed by atoms with E-state index >= 15 is 0 Å². The second kappa shape index (κ2) is 9.94. The maximum absolute atomic E-state index is 12.4. The van der Waals surface area contributed by atoms with E-state index in [1.165, 1.54) is 36.8 Å². The third kappa shape index (κ3) is 5.84. The van der Waals surface area contributed by atoms with Gasteiger partial charge in [0.15, 0.2) is 0 Å². The summed E-state index contributed by atoms with van der Waals surface area (Å²) >= 11 is 5.87. The first-order valence-corrected chi connectivity index (χ1v) is 10.6. The average Bonchev–Trinajstić information content (AvgIpc) is 2.70. The first-order chi connectivity index (χ1) is 13.2. The molecule has 2 aromatic rings. The highest BCUT2D eigenvalue weighted by Crippen LogP contribution is 2.36. The second-order valence-electron chi connectivity index (χ2n) is 7.62. The van der Waals surface area contributed by atoms with Crippen LogP contribution in [0.2, 0.25) is 5.02 Å². The third-order valence-electron chi connectivity index (χ3n) is 5.61. The summed E-state index contributed by atoms with van der Waals surface area (Å²) in [7, 11) is 0. The van der Waals surface area contributed by atoms with Gasteiger partial charge in [-0.05, 0) is 79.8 Å². The number of ether oxygens (including phenoxy) is 1. The Kier molecular flexibility index (Phi) is 7.34. The lowest BCUT2D eigenvalue weighted by atomic mass is 9.78. The number of hydrogen-bond acceptors (Lipinski definition) is 2. The molecule has 0 atom stereocenters. The number of carbonyl (C=O) groups is 1. The van der Waals surface area contributed by atoms with Crippen molar-refractivity contribution in [3.63, 3.8) is 0 Å². The SMILES string of the molecule is CCCCCc1ccc([C@H]2CC[C@H](C(=O)Oc3ccc(Cl)cc3)CC2)cc1. The zero-order valence-electron chi connectivity index (χ0n) is 16.1. The Labute approximate surface area is 167 Å². The molecular formula is C24H29ClO2. The molecule has 27 heavy (non-hydrogen) atoms. The summed E-state index contributed by atoms with van der Waals surface area (Å²) in [5, 5.41) is 0.645. The number of aryl methyl sites for hydroxylation is 1. The van der Waals surface area contributed by atoms with Gasteiger partial charge in [0.05, 0.1) is 5.92 Å². The quantitative estimate of drug-likeness (QED) is 0.293. The van der Waals surface area contributed by atoms with Gasteiger partial charge in [-0.25, -0.2) is 0 Å². The van der Waals surface area contributed by atoms with E-state index < -0.39 is 0 Å². The Morgan fingerprint density at radius 1 is 0.963 bits per heavy atom. The van der Waals surface area contributed by atoms with E-state index in [-0.39, 0.29) is 11.9 Å². The summed E-state index contributed by atoms with van der Waals surface area (Å²) < 4.78 is 5.51. The Hall–Kier alpha value is -1.80. The number of carbonyl (C=O) groups excluding carboxylic acids is 1. The normalized spacial score (nSPS) is 19.6. The van der Waals surface area contributed by atoms with Crippen LogP contribution in [0.3, 0.4) is 0 Å². The molecule has 0 bridgehead atoms. The predicted molar refractivity (Wildman–Crippen MR) is 111 cm³/mol. The van der Waals surface area contributed by atoms with Crippen molar-refractivity contribution in [2.45, 2.75) is 64.2 Å². The van der Waals surface area contributed by atoms with Crippen LogP contribution in [0.1, 0.15) is 68.9 Å². The molecule has 0 N–H and O–H groups in total. The molecular weight excluding hydrogens is 356 g/mol. The van der Waals surface area contributed by atoms with Crippen LogP contribution >= 0.6 is 11.6 Å². The van der Waals surface area contributed by atoms with Crippen LogP contribution < -0.4 is 4.74 Å². The number of halogens is 1. The topological polar surface area (TPSA) is 26.3 Å². The van der Waals surface area contributed by atoms with Gasteiger partial charge in [0, 0.05) is 5.02 Å². The summed E-state index contributed by atoms with van der Waals surface area (Å²) in [6.45, 7) is 2.24. The highest BCUT2D eigenvalue weighted by Gasteiger charge is 2.28. The summed E-state index contributed by atoms with van der Waals surface area (Å²) in [6.07, 6.45) is 8.92. The van der Waals surface area contributed by atoms with Crippen LogP contribution in [-0.2, 0) is 11.2 Å². The maximum Gasteiger partial charge on any atom is 0.314 e. The molecule has 144 valence electrons. The molecule has 1 fully saturated rings. The van der Waals surface area contributed by atoms with Gasteiger partial charge >= 0.3 is 5.97 Å². The molecule has 2 aromatic carbocycles. The van der Waals surface area contributed by atoms with Gasteiger partial charge in [-0.15, -0.1) is 0 Å². The molecule has 1 aliphatic rings. The van der Waals surface area contributed by atoms with Crippen molar-refractivity contribution in [1.29, 1.82) is 0 Å². The summed E-state index contributed by atoms with van der Waals surface area (Å²) in [6, 6.07) is 16.1. The van der Waals surface area contributed by atoms with Crippen molar-refractivity contribution >= 4 is 17.6 Å². The van der Waals surface area contributed by atoms with E-state index in [0.717, 1.165) is 25.7 Å². The predicted octanol–water partition coefficient (Wildman–Crippen LogP) is 6.95. The third-order valence-corrected chi connectivity index (χ3v) is 5.86. The fourth-order valence-electron chi connectivity index (χ4n) is 3.90. The Morgan fingerprint density at radius 3 is 2.26 bits per heavy atom. The number of benzene rings is 2. The minimum absolute atomic E-state index is 0.00486. The monoisotopic (exact) mass is 384 g/mol. The zero-order chi connectivity index (χ0) is 19.1. The smallest absolute Gasteiger partial charge is 0.314 e. The van der Waals surface area contributed by atoms with Gasteiger partial charge < -0.3 is 4.74 Å². The molecule has 0 saturated heterocycles. The molecule has 0 spiro atoms. The van der Waals surface area contributed by atoms with Gasteiger partial charge in [0.25, 0.3) is 0 Å². The lowest BCUT2D eigenvalue weighted by Gasteiger charge is -2.27. The number of rotatable bonds is 7. The van der Waals surface area contributed by atoms with E-state index in [1.54, 1.807) is 24.3 Å². The number of unbranched alkanes of at least 4 members (excludes halogenated alkanes) is 2. The molecule has 2 nitrogen and oxygen atoms in total. The second-order valence-corrected chi connectivity index (χ2v) is 8.06. The van der Waals surface area contributed by atoms with Crippen molar-refractivity contribution in [2.24, 2.45) is 5.92 Å². The lowest BCUT2D eigenvalue weighted by Crippen LogP contribution is -2.25. The largest absolute Gasteiger partial charge is 0.426 e. The Morgan fingerprint density at radius 2 is 1.63 bits per heavy atom. The molecule has 0 aliphatic heterocycles. The fraction of sp³-hybridized carbons (Fsp3) is 0.458. The van der Waals surface area contributed by atoms with E-state index in [9.17, 15) is 4.79 Å². The average molecular weight is 385 g/mol. The van der Waals surface area contributed by atoms with Crippen LogP contribution in [0, 0.1) is 5.92 Å². The summed E-state index contributed by atoms with van der Waals surface area (Å²) in [4.78, 5) is 12.4. The summed E-state index contributed by atoms with van der Waals surface area (Å²) in [5.74, 6) is 1.03. The minimum Gasteiger partial charge on any atom is -0.426 e. The van der Waals surface area contributed by atoms with Crippen molar-refractivity contribution in [3.8, 4) is 5.75 Å². The zero-order valence-corrected chi connectivity index (χ0v) is 16.9. The van der Waals surface area contributed by atoms with Gasteiger partial charge in [0.1, 0.15) is 5.75 Å². The molecule has 0 radical (unpaired) electrons. The van der Waals surface area contributed by atoms with Gasteiger partial charge in [0.2, 0.25) is 0 Å². The molecule has 3 rings (SSSR count). The van der Waals surface area contributed by atoms with Crippen molar-refractivity contribution in [3.05, 3.63) is 64.7 Å². The van der Waals surface area contributed by atoms with Gasteiger partial charge in [-0.1, -0.05) is 55.6 Å². The van der Waals surface area contributed by atoms with Crippen LogP contribution in [-0.4, -0.2) is 5.97 Å². The minimum atomic E-state index is -0.109. The molecule has 0 aromatic heterocycles. The van der Waals surface area contributed by atoms with E-state index in [2.05, 4.69) is 31.2 Å². The molecule has 0 heterocycles. The fourth-order valence-corrected chi connectivity index (χ4v) is 4.03. The number of hydrogen-bond donors (Lipinski definition) is 0. The van der Waals surface area contributed by atoms with Crippen LogP contribution in [0.25, 0.3) is 0 Å². The Balaban J connectivity index is 1.48. The van der Waals surface area contributed by atoms with Crippen molar-refractivity contribution in [2.75, 3.05) is 0 Å². The van der Waals surface area contributed by atoms with E-state index in [4.69, 9.17) is 16.3 Å². The molecule has 0 amide bonds. The molecule has 0 unspecified atom stereocenters. The van der Waals surface area contributed by atoms with Crippen LogP contribution in [0.4, 0.5) is 0 Å². The standard InChI is InChI=1S/C24H29ClO2/c1-2-3-4-5-18-6-8-19(9-7-18)20-10-12-21(13-11-20)24(26)27-23-16-14-22(25)15-17-23/h6-9,14-17,20-21H,2-5,10-13H2,1H3/t20-,21-. The van der Waals surface area contributed by atoms with Crippen molar-refractivity contribution in [1.82, 2.24) is 0 Å². The first-order valence-electron chi connectivity index (χ1n) is 10.2. The van der Waals surface area contributed by atoms with E-state index in [1.807, 2.05) is 0 Å². The molecule has 3 heteroatoms. The van der Waals surface area contributed by atoms with Crippen molar-refractivity contribution < 1.29 is 9.53 Å². The van der Waals surface area contributed by atoms with Gasteiger partial charge in [-0.3, -0.25) is 4.79 Å². The Bertz CT molecular complexity index is 713. The van der Waals surface area contributed by atoms with Gasteiger partial charge in [-0.2, -0.15) is 0 Å². The molecule has 1 saturated carbocycles. The van der Waals surface area contributed by atoms with Crippen LogP contribution in [0.15, 0.2) is 48.5 Å². The molecule has 1 aliphatic carbocycles. The highest BCUT2D eigenvalue weighted by atomic mass is 35.5. The first kappa shape index (κ1) is 19.9. The van der Waals surface area contributed by atoms with E-state index in [0.29, 0.717) is 16.7 Å². The van der Waals surface area contributed by atoms with Crippen LogP contribution in [0.5, 0.6) is 5.75 Å².